The minimum Gasteiger partial charge on any atom is -0.507 e. The van der Waals surface area contributed by atoms with Crippen molar-refractivity contribution in [3.05, 3.63) is 69.7 Å². The molecule has 0 spiro atoms. The molecule has 1 aromatic heterocycles. The Kier molecular flexibility index (Phi) is 10.1. The first-order valence-electron chi connectivity index (χ1n) is 14.0. The SMILES string of the molecule is CCCCOc1ccc(C(O)=C2C(=O)C(=O)N(c3nc(C)c(C(=O)OCC(C)C)s3)[C@H]2c2ccc(OC)c(OC)c2)cc1. The van der Waals surface area contributed by atoms with Gasteiger partial charge in [0.25, 0.3) is 5.78 Å². The highest BCUT2D eigenvalue weighted by atomic mass is 32.1. The number of nitrogens with zero attached hydrogens (tertiary/aromatic N) is 2. The van der Waals surface area contributed by atoms with Crippen LogP contribution in [0.4, 0.5) is 5.13 Å². The van der Waals surface area contributed by atoms with E-state index in [1.165, 1.54) is 19.1 Å². The summed E-state index contributed by atoms with van der Waals surface area (Å²) in [6.07, 6.45) is 1.90. The number of Topliss-reactive ketones (excluding diaryl/α,β-unsaturated/α-hetero) is 1. The van der Waals surface area contributed by atoms with Crippen molar-refractivity contribution in [2.75, 3.05) is 32.3 Å². The van der Waals surface area contributed by atoms with Gasteiger partial charge >= 0.3 is 11.9 Å². The van der Waals surface area contributed by atoms with Crippen molar-refractivity contribution in [1.29, 1.82) is 0 Å². The van der Waals surface area contributed by atoms with Crippen molar-refractivity contribution in [2.24, 2.45) is 5.92 Å². The lowest BCUT2D eigenvalue weighted by atomic mass is 9.95. The molecule has 1 aliphatic heterocycles. The van der Waals surface area contributed by atoms with E-state index in [9.17, 15) is 19.5 Å². The van der Waals surface area contributed by atoms with Gasteiger partial charge in [0.1, 0.15) is 16.4 Å². The molecule has 3 aromatic rings. The fourth-order valence-electron chi connectivity index (χ4n) is 4.55. The Labute approximate surface area is 254 Å². The number of aromatic nitrogens is 1. The molecule has 1 atom stereocenters. The van der Waals surface area contributed by atoms with Gasteiger partial charge in [-0.05, 0) is 61.2 Å². The third kappa shape index (κ3) is 6.67. The Morgan fingerprint density at radius 3 is 2.40 bits per heavy atom. The first kappa shape index (κ1) is 31.6. The zero-order valence-corrected chi connectivity index (χ0v) is 25.9. The minimum atomic E-state index is -1.08. The number of ether oxygens (including phenoxy) is 4. The summed E-state index contributed by atoms with van der Waals surface area (Å²) in [5.74, 6) is -1.13. The molecule has 11 heteroatoms. The Hall–Kier alpha value is -4.38. The van der Waals surface area contributed by atoms with Gasteiger partial charge in [-0.15, -0.1) is 0 Å². The van der Waals surface area contributed by atoms with Gasteiger partial charge in [0.05, 0.1) is 44.7 Å². The van der Waals surface area contributed by atoms with Gasteiger partial charge in [-0.1, -0.05) is 44.6 Å². The maximum atomic E-state index is 13.6. The molecule has 4 rings (SSSR count). The summed E-state index contributed by atoms with van der Waals surface area (Å²) < 4.78 is 22.0. The number of carbonyl (C=O) groups is 3. The maximum Gasteiger partial charge on any atom is 0.350 e. The van der Waals surface area contributed by atoms with E-state index in [0.29, 0.717) is 40.7 Å². The van der Waals surface area contributed by atoms with Gasteiger partial charge in [-0.2, -0.15) is 0 Å². The van der Waals surface area contributed by atoms with E-state index in [1.807, 2.05) is 13.8 Å². The summed E-state index contributed by atoms with van der Waals surface area (Å²) >= 11 is 0.950. The van der Waals surface area contributed by atoms with E-state index in [1.54, 1.807) is 49.4 Å². The number of carbonyl (C=O) groups excluding carboxylic acids is 3. The number of hydrogen-bond donors (Lipinski definition) is 1. The van der Waals surface area contributed by atoms with Crippen LogP contribution < -0.4 is 19.1 Å². The third-order valence-electron chi connectivity index (χ3n) is 6.79. The molecule has 1 N–H and O–H groups in total. The van der Waals surface area contributed by atoms with Crippen LogP contribution in [0.15, 0.2) is 48.0 Å². The molecular weight excluding hydrogens is 572 g/mol. The molecule has 1 amide bonds. The normalized spacial score (nSPS) is 16.1. The number of thiazole rings is 1. The largest absolute Gasteiger partial charge is 0.507 e. The Morgan fingerprint density at radius 2 is 1.77 bits per heavy atom. The molecule has 0 saturated carbocycles. The highest BCUT2D eigenvalue weighted by molar-refractivity contribution is 7.17. The molecule has 2 heterocycles. The average molecular weight is 609 g/mol. The van der Waals surface area contributed by atoms with Gasteiger partial charge < -0.3 is 24.1 Å². The molecule has 0 unspecified atom stereocenters. The number of ketones is 1. The minimum absolute atomic E-state index is 0.120. The molecule has 1 fully saturated rings. The summed E-state index contributed by atoms with van der Waals surface area (Å²) in [6, 6.07) is 10.6. The fourth-order valence-corrected chi connectivity index (χ4v) is 5.54. The van der Waals surface area contributed by atoms with Crippen LogP contribution in [-0.2, 0) is 14.3 Å². The molecule has 43 heavy (non-hydrogen) atoms. The second-order valence-corrected chi connectivity index (χ2v) is 11.4. The van der Waals surface area contributed by atoms with Crippen molar-refractivity contribution < 1.29 is 38.4 Å². The summed E-state index contributed by atoms with van der Waals surface area (Å²) in [7, 11) is 2.97. The number of aliphatic hydroxyl groups is 1. The lowest BCUT2D eigenvalue weighted by Crippen LogP contribution is -2.29. The molecule has 10 nitrogen and oxygen atoms in total. The van der Waals surface area contributed by atoms with Gasteiger partial charge in [0.2, 0.25) is 0 Å². The van der Waals surface area contributed by atoms with Crippen LogP contribution >= 0.6 is 11.3 Å². The lowest BCUT2D eigenvalue weighted by molar-refractivity contribution is -0.132. The van der Waals surface area contributed by atoms with Crippen LogP contribution in [0.3, 0.4) is 0 Å². The number of amides is 1. The first-order chi connectivity index (χ1) is 20.6. The highest BCUT2D eigenvalue weighted by Crippen LogP contribution is 2.45. The van der Waals surface area contributed by atoms with Crippen LogP contribution in [-0.4, -0.2) is 55.2 Å². The number of methoxy groups -OCH3 is 2. The van der Waals surface area contributed by atoms with Crippen LogP contribution in [0.2, 0.25) is 0 Å². The van der Waals surface area contributed by atoms with Crippen molar-refractivity contribution in [2.45, 2.75) is 46.6 Å². The molecule has 0 radical (unpaired) electrons. The van der Waals surface area contributed by atoms with Gasteiger partial charge in [-0.3, -0.25) is 14.5 Å². The van der Waals surface area contributed by atoms with Crippen LogP contribution in [0.25, 0.3) is 5.76 Å². The number of aryl methyl sites for hydroxylation is 1. The highest BCUT2D eigenvalue weighted by Gasteiger charge is 2.48. The van der Waals surface area contributed by atoms with E-state index in [4.69, 9.17) is 18.9 Å². The average Bonchev–Trinajstić information content (AvgIpc) is 3.51. The van der Waals surface area contributed by atoms with Crippen LogP contribution in [0.1, 0.15) is 66.1 Å². The fraction of sp³-hybridized carbons (Fsp3) is 0.375. The van der Waals surface area contributed by atoms with E-state index >= 15 is 0 Å². The Morgan fingerprint density at radius 1 is 1.07 bits per heavy atom. The summed E-state index contributed by atoms with van der Waals surface area (Å²) in [4.78, 5) is 45.9. The quantitative estimate of drug-likeness (QED) is 0.0855. The molecular formula is C32H36N2O8S. The first-order valence-corrected chi connectivity index (χ1v) is 14.8. The molecule has 1 aliphatic rings. The summed E-state index contributed by atoms with van der Waals surface area (Å²) in [6.45, 7) is 8.34. The Bertz CT molecular complexity index is 1530. The predicted molar refractivity (Wildman–Crippen MR) is 163 cm³/mol. The number of esters is 1. The number of hydrogen-bond acceptors (Lipinski definition) is 10. The summed E-state index contributed by atoms with van der Waals surface area (Å²) in [5.41, 5.74) is 1.03. The van der Waals surface area contributed by atoms with Crippen LogP contribution in [0.5, 0.6) is 17.2 Å². The topological polar surface area (TPSA) is 124 Å². The van der Waals surface area contributed by atoms with E-state index in [0.717, 1.165) is 24.2 Å². The third-order valence-corrected chi connectivity index (χ3v) is 7.92. The molecule has 1 saturated heterocycles. The predicted octanol–water partition coefficient (Wildman–Crippen LogP) is 6.09. The van der Waals surface area contributed by atoms with Crippen molar-refractivity contribution >= 4 is 39.9 Å². The second kappa shape index (κ2) is 13.7. The lowest BCUT2D eigenvalue weighted by Gasteiger charge is -2.23. The second-order valence-electron chi connectivity index (χ2n) is 10.4. The molecule has 0 aliphatic carbocycles. The standard InChI is InChI=1S/C32H36N2O8S/c1-7-8-15-41-22-12-9-20(10-13-22)27(35)25-26(21-11-14-23(39-5)24(16-21)40-6)34(30(37)28(25)36)32-33-19(4)29(43-32)31(38)42-17-18(2)3/h9-14,16,18,26,35H,7-8,15,17H2,1-6H3/t26-/m0/s1. The van der Waals surface area contributed by atoms with Crippen molar-refractivity contribution in [1.82, 2.24) is 4.98 Å². The zero-order chi connectivity index (χ0) is 31.3. The van der Waals surface area contributed by atoms with E-state index < -0.39 is 23.7 Å². The smallest absolute Gasteiger partial charge is 0.350 e. The van der Waals surface area contributed by atoms with E-state index in [-0.39, 0.29) is 33.9 Å². The van der Waals surface area contributed by atoms with Crippen molar-refractivity contribution in [3.63, 3.8) is 0 Å². The molecule has 0 bridgehead atoms. The number of unbranched alkanes of at least 4 members (excludes halogenated alkanes) is 1. The number of aliphatic hydroxyl groups excluding tert-OH is 1. The zero-order valence-electron chi connectivity index (χ0n) is 25.1. The Balaban J connectivity index is 1.83. The number of anilines is 1. The van der Waals surface area contributed by atoms with Gasteiger partial charge in [0.15, 0.2) is 16.6 Å². The van der Waals surface area contributed by atoms with Gasteiger partial charge in [0, 0.05) is 5.56 Å². The molecule has 228 valence electrons. The van der Waals surface area contributed by atoms with Gasteiger partial charge in [-0.25, -0.2) is 9.78 Å². The monoisotopic (exact) mass is 608 g/mol. The van der Waals surface area contributed by atoms with Crippen LogP contribution in [0, 0.1) is 12.8 Å². The summed E-state index contributed by atoms with van der Waals surface area (Å²) in [5, 5.41) is 11.6. The number of benzene rings is 2. The number of rotatable bonds is 12. The maximum absolute atomic E-state index is 13.6. The molecule has 2 aromatic carbocycles. The van der Waals surface area contributed by atoms with E-state index in [2.05, 4.69) is 11.9 Å². The van der Waals surface area contributed by atoms with Crippen molar-refractivity contribution in [3.8, 4) is 17.2 Å².